The van der Waals surface area contributed by atoms with Crippen molar-refractivity contribution < 1.29 is 9.53 Å². The van der Waals surface area contributed by atoms with Crippen molar-refractivity contribution in [1.29, 1.82) is 0 Å². The van der Waals surface area contributed by atoms with Gasteiger partial charge in [0.25, 0.3) is 0 Å². The predicted molar refractivity (Wildman–Crippen MR) is 68.9 cm³/mol. The van der Waals surface area contributed by atoms with Gasteiger partial charge in [-0.1, -0.05) is 33.6 Å². The van der Waals surface area contributed by atoms with Gasteiger partial charge in [0, 0.05) is 6.42 Å². The zero-order valence-electron chi connectivity index (χ0n) is 11.5. The van der Waals surface area contributed by atoms with Crippen molar-refractivity contribution in [3.63, 3.8) is 0 Å². The number of rotatable bonds is 7. The number of carbonyl (C=O) groups excluding carboxylic acids is 1. The largest absolute Gasteiger partial charge is 0.370 e. The van der Waals surface area contributed by atoms with Crippen molar-refractivity contribution in [3.05, 3.63) is 0 Å². The summed E-state index contributed by atoms with van der Waals surface area (Å²) in [7, 11) is 0. The van der Waals surface area contributed by atoms with Gasteiger partial charge in [0.1, 0.15) is 6.10 Å². The van der Waals surface area contributed by atoms with E-state index in [4.69, 9.17) is 4.74 Å². The zero-order chi connectivity index (χ0) is 12.5. The Balaban J connectivity index is 1.80. The van der Waals surface area contributed by atoms with E-state index in [0.717, 1.165) is 24.9 Å². The van der Waals surface area contributed by atoms with Gasteiger partial charge >= 0.3 is 0 Å². The summed E-state index contributed by atoms with van der Waals surface area (Å²) in [4.78, 5) is 12.2. The van der Waals surface area contributed by atoms with Crippen LogP contribution in [0.5, 0.6) is 0 Å². The second-order valence-electron chi connectivity index (χ2n) is 7.15. The lowest BCUT2D eigenvalue weighted by atomic mass is 9.87. The van der Waals surface area contributed by atoms with Crippen LogP contribution in [0, 0.1) is 17.3 Å². The van der Waals surface area contributed by atoms with Crippen molar-refractivity contribution in [2.24, 2.45) is 17.3 Å². The number of ketones is 1. The van der Waals surface area contributed by atoms with E-state index >= 15 is 0 Å². The van der Waals surface area contributed by atoms with Crippen LogP contribution in [0.4, 0.5) is 0 Å². The fourth-order valence-electron chi connectivity index (χ4n) is 2.12. The summed E-state index contributed by atoms with van der Waals surface area (Å²) in [6.45, 7) is 7.19. The Labute approximate surface area is 105 Å². The Bertz CT molecular complexity index is 269. The first kappa shape index (κ1) is 13.1. The smallest absolute Gasteiger partial charge is 0.162 e. The summed E-state index contributed by atoms with van der Waals surface area (Å²) in [5.74, 6) is 1.84. The fraction of sp³-hybridized carbons (Fsp3) is 0.933. The van der Waals surface area contributed by atoms with E-state index in [2.05, 4.69) is 20.8 Å². The van der Waals surface area contributed by atoms with E-state index in [1.165, 1.54) is 25.7 Å². The van der Waals surface area contributed by atoms with Crippen molar-refractivity contribution in [2.75, 3.05) is 6.61 Å². The standard InChI is InChI=1S/C15H26O2/c1-15(2,3)9-13(16)14(8-11-4-5-11)17-10-12-6-7-12/h11-12,14H,4-10H2,1-3H3. The van der Waals surface area contributed by atoms with Crippen LogP contribution < -0.4 is 0 Å². The summed E-state index contributed by atoms with van der Waals surface area (Å²) in [6.07, 6.45) is 6.70. The molecule has 0 radical (unpaired) electrons. The van der Waals surface area contributed by atoms with E-state index < -0.39 is 0 Å². The molecule has 98 valence electrons. The lowest BCUT2D eigenvalue weighted by Crippen LogP contribution is -2.29. The first-order chi connectivity index (χ1) is 7.94. The van der Waals surface area contributed by atoms with Crippen LogP contribution in [0.1, 0.15) is 59.3 Å². The van der Waals surface area contributed by atoms with Crippen LogP contribution in [-0.2, 0) is 9.53 Å². The van der Waals surface area contributed by atoms with Crippen molar-refractivity contribution in [3.8, 4) is 0 Å². The molecule has 0 saturated heterocycles. The van der Waals surface area contributed by atoms with Gasteiger partial charge in [-0.05, 0) is 36.5 Å². The number of hydrogen-bond acceptors (Lipinski definition) is 2. The van der Waals surface area contributed by atoms with Gasteiger partial charge in [0.05, 0.1) is 6.61 Å². The van der Waals surface area contributed by atoms with E-state index in [1.807, 2.05) is 0 Å². The molecule has 2 heteroatoms. The number of carbonyl (C=O) groups is 1. The average Bonchev–Trinajstić information content (AvgIpc) is 3.04. The quantitative estimate of drug-likeness (QED) is 0.677. The maximum Gasteiger partial charge on any atom is 0.162 e. The maximum atomic E-state index is 12.2. The van der Waals surface area contributed by atoms with E-state index in [1.54, 1.807) is 0 Å². The molecule has 0 aromatic heterocycles. The lowest BCUT2D eigenvalue weighted by Gasteiger charge is -2.22. The highest BCUT2D eigenvalue weighted by Crippen LogP contribution is 2.36. The fourth-order valence-corrected chi connectivity index (χ4v) is 2.12. The molecular weight excluding hydrogens is 212 g/mol. The van der Waals surface area contributed by atoms with Gasteiger partial charge in [-0.15, -0.1) is 0 Å². The van der Waals surface area contributed by atoms with Crippen LogP contribution in [0.25, 0.3) is 0 Å². The van der Waals surface area contributed by atoms with Crippen LogP contribution in [0.15, 0.2) is 0 Å². The molecule has 17 heavy (non-hydrogen) atoms. The summed E-state index contributed by atoms with van der Waals surface area (Å²) in [5.41, 5.74) is 0.0851. The summed E-state index contributed by atoms with van der Waals surface area (Å²) in [5, 5.41) is 0. The van der Waals surface area contributed by atoms with Crippen LogP contribution >= 0.6 is 0 Å². The molecule has 0 amide bonds. The molecule has 2 rings (SSSR count). The monoisotopic (exact) mass is 238 g/mol. The Morgan fingerprint density at radius 2 is 1.76 bits per heavy atom. The van der Waals surface area contributed by atoms with E-state index in [-0.39, 0.29) is 11.5 Å². The van der Waals surface area contributed by atoms with Crippen molar-refractivity contribution in [1.82, 2.24) is 0 Å². The first-order valence-corrected chi connectivity index (χ1v) is 7.08. The lowest BCUT2D eigenvalue weighted by molar-refractivity contribution is -0.133. The molecule has 2 saturated carbocycles. The molecular formula is C15H26O2. The SMILES string of the molecule is CC(C)(C)CC(=O)C(CC1CC1)OCC1CC1. The molecule has 2 fully saturated rings. The van der Waals surface area contributed by atoms with Crippen LogP contribution in [0.2, 0.25) is 0 Å². The topological polar surface area (TPSA) is 26.3 Å². The normalized spacial score (nSPS) is 22.5. The molecule has 2 aliphatic rings. The third-order valence-electron chi connectivity index (χ3n) is 3.54. The third-order valence-corrected chi connectivity index (χ3v) is 3.54. The van der Waals surface area contributed by atoms with Gasteiger partial charge in [-0.2, -0.15) is 0 Å². The molecule has 0 aromatic carbocycles. The minimum atomic E-state index is -0.109. The zero-order valence-corrected chi connectivity index (χ0v) is 11.5. The highest BCUT2D eigenvalue weighted by molar-refractivity contribution is 5.83. The van der Waals surface area contributed by atoms with Crippen molar-refractivity contribution >= 4 is 5.78 Å². The van der Waals surface area contributed by atoms with Gasteiger partial charge in [0.2, 0.25) is 0 Å². The Kier molecular flexibility index (Phi) is 3.92. The minimum absolute atomic E-state index is 0.0851. The predicted octanol–water partition coefficient (Wildman–Crippen LogP) is 3.59. The Morgan fingerprint density at radius 3 is 2.24 bits per heavy atom. The molecule has 0 aromatic rings. The molecule has 0 heterocycles. The van der Waals surface area contributed by atoms with Crippen LogP contribution in [0.3, 0.4) is 0 Å². The van der Waals surface area contributed by atoms with E-state index in [9.17, 15) is 4.79 Å². The Morgan fingerprint density at radius 1 is 1.18 bits per heavy atom. The molecule has 0 bridgehead atoms. The number of hydrogen-bond donors (Lipinski definition) is 0. The second-order valence-corrected chi connectivity index (χ2v) is 7.15. The molecule has 1 unspecified atom stereocenters. The highest BCUT2D eigenvalue weighted by atomic mass is 16.5. The maximum absolute atomic E-state index is 12.2. The minimum Gasteiger partial charge on any atom is -0.370 e. The van der Waals surface area contributed by atoms with E-state index in [0.29, 0.717) is 12.2 Å². The molecule has 1 atom stereocenters. The average molecular weight is 238 g/mol. The molecule has 0 N–H and O–H groups in total. The van der Waals surface area contributed by atoms with Gasteiger partial charge in [-0.25, -0.2) is 0 Å². The second kappa shape index (κ2) is 5.09. The van der Waals surface area contributed by atoms with Crippen molar-refractivity contribution in [2.45, 2.75) is 65.4 Å². The molecule has 2 aliphatic carbocycles. The Hall–Kier alpha value is -0.370. The third kappa shape index (κ3) is 5.20. The summed E-state index contributed by atoms with van der Waals surface area (Å²) in [6, 6.07) is 0. The summed E-state index contributed by atoms with van der Waals surface area (Å²) >= 11 is 0. The number of Topliss-reactive ketones (excluding diaryl/α,β-unsaturated/α-hetero) is 1. The van der Waals surface area contributed by atoms with Crippen LogP contribution in [-0.4, -0.2) is 18.5 Å². The van der Waals surface area contributed by atoms with Gasteiger partial charge < -0.3 is 4.74 Å². The highest BCUT2D eigenvalue weighted by Gasteiger charge is 2.33. The molecule has 0 aliphatic heterocycles. The first-order valence-electron chi connectivity index (χ1n) is 7.08. The van der Waals surface area contributed by atoms with Gasteiger partial charge in [-0.3, -0.25) is 4.79 Å². The number of ether oxygens (including phenoxy) is 1. The molecule has 0 spiro atoms. The van der Waals surface area contributed by atoms with Gasteiger partial charge in [0.15, 0.2) is 5.78 Å². The molecule has 2 nitrogen and oxygen atoms in total. The summed E-state index contributed by atoms with van der Waals surface area (Å²) < 4.78 is 5.88.